The molecule has 4 heterocycles. The van der Waals surface area contributed by atoms with E-state index in [0.717, 1.165) is 25.9 Å². The van der Waals surface area contributed by atoms with E-state index in [0.29, 0.717) is 39.6 Å². The van der Waals surface area contributed by atoms with Crippen molar-refractivity contribution in [3.05, 3.63) is 48.0 Å². The Morgan fingerprint density at radius 2 is 2.00 bits per heavy atom. The molecule has 150 valence electrons. The zero-order chi connectivity index (χ0) is 20.4. The van der Waals surface area contributed by atoms with Gasteiger partial charge in [0, 0.05) is 17.6 Å². The summed E-state index contributed by atoms with van der Waals surface area (Å²) in [6.45, 7) is 3.79. The first kappa shape index (κ1) is 19.1. The Balaban J connectivity index is 1.59. The van der Waals surface area contributed by atoms with Gasteiger partial charge in [-0.3, -0.25) is 9.78 Å². The van der Waals surface area contributed by atoms with Crippen molar-refractivity contribution in [2.75, 3.05) is 25.9 Å². The van der Waals surface area contributed by atoms with Gasteiger partial charge in [-0.05, 0) is 64.2 Å². The average molecular weight is 392 g/mol. The number of carbonyl (C=O) groups is 1. The van der Waals surface area contributed by atoms with Gasteiger partial charge in [0.15, 0.2) is 0 Å². The normalized spacial score (nSPS) is 15.4. The van der Waals surface area contributed by atoms with Crippen molar-refractivity contribution in [2.45, 2.75) is 25.8 Å². The Hall–Kier alpha value is -3.26. The molecule has 29 heavy (non-hydrogen) atoms. The summed E-state index contributed by atoms with van der Waals surface area (Å²) in [5.41, 5.74) is 7.40. The number of nitrogens with two attached hydrogens (primary N) is 1. The number of nitrogens with zero attached hydrogens (tertiary/aromatic N) is 4. The topological polar surface area (TPSA) is 106 Å². The fraction of sp³-hybridized carbons (Fsp3) is 0.333. The molecule has 1 saturated heterocycles. The van der Waals surface area contributed by atoms with Gasteiger partial charge < -0.3 is 20.7 Å². The third-order valence-electron chi connectivity index (χ3n) is 5.15. The standard InChI is InChI=1S/C21H24N6O2/c1-13-18(3-4-20(22)25-13)29-19-5-8-23-17-12-24-16(11-15(17)19)21(28)26-14-6-9-27(2)10-7-14/h3-5,8,11-12,14H,6-7,9-10H2,1-2H3,(H2,22,25)(H,26,28). The highest BCUT2D eigenvalue weighted by molar-refractivity contribution is 5.97. The van der Waals surface area contributed by atoms with Crippen LogP contribution in [0.2, 0.25) is 0 Å². The van der Waals surface area contributed by atoms with Gasteiger partial charge in [0.05, 0.1) is 17.4 Å². The fourth-order valence-corrected chi connectivity index (χ4v) is 3.44. The van der Waals surface area contributed by atoms with E-state index < -0.39 is 0 Å². The quantitative estimate of drug-likeness (QED) is 0.703. The zero-order valence-corrected chi connectivity index (χ0v) is 16.6. The molecular weight excluding hydrogens is 368 g/mol. The molecule has 0 spiro atoms. The predicted molar refractivity (Wildman–Crippen MR) is 111 cm³/mol. The number of likely N-dealkylation sites (tertiary alicyclic amines) is 1. The van der Waals surface area contributed by atoms with Gasteiger partial charge in [0.25, 0.3) is 5.91 Å². The molecule has 4 rings (SSSR count). The van der Waals surface area contributed by atoms with E-state index in [-0.39, 0.29) is 11.9 Å². The molecule has 3 aromatic heterocycles. The highest BCUT2D eigenvalue weighted by Crippen LogP contribution is 2.30. The van der Waals surface area contributed by atoms with E-state index in [1.54, 1.807) is 36.7 Å². The van der Waals surface area contributed by atoms with E-state index in [1.165, 1.54) is 0 Å². The molecule has 8 heteroatoms. The first-order valence-corrected chi connectivity index (χ1v) is 9.65. The number of aromatic nitrogens is 3. The molecule has 0 unspecified atom stereocenters. The minimum atomic E-state index is -0.179. The van der Waals surface area contributed by atoms with Crippen LogP contribution in [0.1, 0.15) is 29.0 Å². The van der Waals surface area contributed by atoms with Crippen molar-refractivity contribution in [1.82, 2.24) is 25.2 Å². The van der Waals surface area contributed by atoms with Crippen molar-refractivity contribution in [3.8, 4) is 11.5 Å². The zero-order valence-electron chi connectivity index (χ0n) is 16.6. The fourth-order valence-electron chi connectivity index (χ4n) is 3.44. The number of hydrogen-bond donors (Lipinski definition) is 2. The maximum absolute atomic E-state index is 12.7. The summed E-state index contributed by atoms with van der Waals surface area (Å²) in [5, 5.41) is 3.81. The molecule has 3 N–H and O–H groups in total. The minimum absolute atomic E-state index is 0.171. The van der Waals surface area contributed by atoms with E-state index >= 15 is 0 Å². The highest BCUT2D eigenvalue weighted by Gasteiger charge is 2.20. The second kappa shape index (κ2) is 8.00. The van der Waals surface area contributed by atoms with Crippen molar-refractivity contribution in [3.63, 3.8) is 0 Å². The summed E-state index contributed by atoms with van der Waals surface area (Å²) in [6, 6.07) is 7.12. The maximum Gasteiger partial charge on any atom is 0.270 e. The first-order valence-electron chi connectivity index (χ1n) is 9.65. The van der Waals surface area contributed by atoms with Crippen LogP contribution in [0.25, 0.3) is 10.9 Å². The lowest BCUT2D eigenvalue weighted by Gasteiger charge is -2.29. The Kier molecular flexibility index (Phi) is 5.26. The van der Waals surface area contributed by atoms with Crippen LogP contribution < -0.4 is 15.8 Å². The van der Waals surface area contributed by atoms with E-state index in [1.807, 2.05) is 6.92 Å². The van der Waals surface area contributed by atoms with Crippen molar-refractivity contribution in [1.29, 1.82) is 0 Å². The molecule has 0 aliphatic carbocycles. The molecule has 1 amide bonds. The number of pyridine rings is 3. The van der Waals surface area contributed by atoms with Crippen molar-refractivity contribution >= 4 is 22.6 Å². The lowest BCUT2D eigenvalue weighted by atomic mass is 10.1. The minimum Gasteiger partial charge on any atom is -0.455 e. The van der Waals surface area contributed by atoms with Gasteiger partial charge >= 0.3 is 0 Å². The number of hydrogen-bond acceptors (Lipinski definition) is 7. The molecular formula is C21H24N6O2. The van der Waals surface area contributed by atoms with Crippen LogP contribution in [0, 0.1) is 6.92 Å². The number of aryl methyl sites for hydroxylation is 1. The third kappa shape index (κ3) is 4.27. The monoisotopic (exact) mass is 392 g/mol. The molecule has 0 saturated carbocycles. The number of rotatable bonds is 4. The third-order valence-corrected chi connectivity index (χ3v) is 5.15. The summed E-state index contributed by atoms with van der Waals surface area (Å²) >= 11 is 0. The van der Waals surface area contributed by atoms with Crippen LogP contribution >= 0.6 is 0 Å². The molecule has 0 aromatic carbocycles. The number of fused-ring (bicyclic) bond motifs is 1. The maximum atomic E-state index is 12.7. The first-order chi connectivity index (χ1) is 14.0. The van der Waals surface area contributed by atoms with Gasteiger partial charge in [-0.2, -0.15) is 0 Å². The van der Waals surface area contributed by atoms with Crippen molar-refractivity contribution in [2.24, 2.45) is 0 Å². The Labute approximate surface area is 169 Å². The second-order valence-electron chi connectivity index (χ2n) is 7.37. The highest BCUT2D eigenvalue weighted by atomic mass is 16.5. The molecule has 0 bridgehead atoms. The lowest BCUT2D eigenvalue weighted by Crippen LogP contribution is -2.43. The number of anilines is 1. The number of piperidine rings is 1. The Bertz CT molecular complexity index is 1050. The number of carbonyl (C=O) groups excluding carboxylic acids is 1. The van der Waals surface area contributed by atoms with Gasteiger partial charge in [0.2, 0.25) is 0 Å². The van der Waals surface area contributed by atoms with E-state index in [2.05, 4.69) is 32.2 Å². The van der Waals surface area contributed by atoms with E-state index in [4.69, 9.17) is 10.5 Å². The Morgan fingerprint density at radius 1 is 1.21 bits per heavy atom. The molecule has 8 nitrogen and oxygen atoms in total. The van der Waals surface area contributed by atoms with Crippen LogP contribution in [0.5, 0.6) is 11.5 Å². The summed E-state index contributed by atoms with van der Waals surface area (Å²) in [4.78, 5) is 27.8. The SMILES string of the molecule is Cc1nc(N)ccc1Oc1ccnc2cnc(C(=O)NC3CCN(C)CC3)cc12. The van der Waals surface area contributed by atoms with E-state index in [9.17, 15) is 4.79 Å². The lowest BCUT2D eigenvalue weighted by molar-refractivity contribution is 0.0912. The number of ether oxygens (including phenoxy) is 1. The van der Waals surface area contributed by atoms with Crippen LogP contribution in [0.4, 0.5) is 5.82 Å². The molecule has 0 radical (unpaired) electrons. The molecule has 1 fully saturated rings. The predicted octanol–water partition coefficient (Wildman–Crippen LogP) is 2.53. The van der Waals surface area contributed by atoms with Gasteiger partial charge in [0.1, 0.15) is 23.0 Å². The largest absolute Gasteiger partial charge is 0.455 e. The Morgan fingerprint density at radius 3 is 2.76 bits per heavy atom. The summed E-state index contributed by atoms with van der Waals surface area (Å²) in [5.74, 6) is 1.44. The summed E-state index contributed by atoms with van der Waals surface area (Å²) in [7, 11) is 2.09. The number of nitrogens with one attached hydrogen (secondary N) is 1. The average Bonchev–Trinajstić information content (AvgIpc) is 2.71. The second-order valence-corrected chi connectivity index (χ2v) is 7.37. The van der Waals surface area contributed by atoms with Crippen molar-refractivity contribution < 1.29 is 9.53 Å². The van der Waals surface area contributed by atoms with Gasteiger partial charge in [-0.1, -0.05) is 0 Å². The molecule has 0 atom stereocenters. The van der Waals surface area contributed by atoms with Crippen LogP contribution in [-0.4, -0.2) is 51.9 Å². The van der Waals surface area contributed by atoms with Gasteiger partial charge in [-0.25, -0.2) is 9.97 Å². The van der Waals surface area contributed by atoms with Gasteiger partial charge in [-0.15, -0.1) is 0 Å². The van der Waals surface area contributed by atoms with Crippen LogP contribution in [0.3, 0.4) is 0 Å². The molecule has 1 aliphatic heterocycles. The molecule has 3 aromatic rings. The van der Waals surface area contributed by atoms with Crippen LogP contribution in [0.15, 0.2) is 36.7 Å². The number of amides is 1. The smallest absolute Gasteiger partial charge is 0.270 e. The number of nitrogen functional groups attached to an aromatic ring is 1. The molecule has 1 aliphatic rings. The summed E-state index contributed by atoms with van der Waals surface area (Å²) < 4.78 is 6.05. The summed E-state index contributed by atoms with van der Waals surface area (Å²) in [6.07, 6.45) is 5.13. The van der Waals surface area contributed by atoms with Crippen LogP contribution in [-0.2, 0) is 0 Å².